The van der Waals surface area contributed by atoms with Gasteiger partial charge in [0.2, 0.25) is 0 Å². The van der Waals surface area contributed by atoms with Crippen molar-refractivity contribution in [3.63, 3.8) is 0 Å². The van der Waals surface area contributed by atoms with Gasteiger partial charge < -0.3 is 19.6 Å². The minimum Gasteiger partial charge on any atom is -0.464 e. The molecule has 0 fully saturated rings. The molecule has 0 radical (unpaired) electrons. The van der Waals surface area contributed by atoms with Gasteiger partial charge in [0.15, 0.2) is 0 Å². The topological polar surface area (TPSA) is 74.2 Å². The SMILES string of the molecule is Cc1cnc([C@H](C)NC(=O)N(C)Cc2ccc(C)o2)[nH]1. The molecule has 0 aromatic carbocycles. The molecule has 2 amide bonds. The second-order valence-electron chi connectivity index (χ2n) is 4.99. The second-order valence-corrected chi connectivity index (χ2v) is 4.99. The number of rotatable bonds is 4. The molecule has 0 spiro atoms. The van der Waals surface area contributed by atoms with Gasteiger partial charge in [-0.1, -0.05) is 0 Å². The molecule has 0 bridgehead atoms. The monoisotopic (exact) mass is 276 g/mol. The van der Waals surface area contributed by atoms with Crippen molar-refractivity contribution in [1.29, 1.82) is 0 Å². The predicted octanol–water partition coefficient (Wildman–Crippen LogP) is 2.52. The van der Waals surface area contributed by atoms with E-state index in [1.165, 1.54) is 0 Å². The highest BCUT2D eigenvalue weighted by Gasteiger charge is 2.16. The number of nitrogens with one attached hydrogen (secondary N) is 2. The van der Waals surface area contributed by atoms with Crippen LogP contribution in [-0.2, 0) is 6.54 Å². The number of imidazole rings is 1. The lowest BCUT2D eigenvalue weighted by atomic mass is 10.3. The summed E-state index contributed by atoms with van der Waals surface area (Å²) in [5.74, 6) is 2.35. The van der Waals surface area contributed by atoms with E-state index in [2.05, 4.69) is 15.3 Å². The van der Waals surface area contributed by atoms with Gasteiger partial charge in [0.25, 0.3) is 0 Å². The number of aromatic nitrogens is 2. The van der Waals surface area contributed by atoms with Gasteiger partial charge in [0.1, 0.15) is 17.3 Å². The van der Waals surface area contributed by atoms with E-state index in [9.17, 15) is 4.79 Å². The Bertz CT molecular complexity index is 588. The molecule has 2 aromatic heterocycles. The van der Waals surface area contributed by atoms with Crippen molar-refractivity contribution in [2.45, 2.75) is 33.4 Å². The van der Waals surface area contributed by atoms with E-state index in [-0.39, 0.29) is 12.1 Å². The van der Waals surface area contributed by atoms with Gasteiger partial charge in [0.05, 0.1) is 12.6 Å². The van der Waals surface area contributed by atoms with Gasteiger partial charge >= 0.3 is 6.03 Å². The normalized spacial score (nSPS) is 12.2. The molecule has 6 heteroatoms. The van der Waals surface area contributed by atoms with E-state index in [1.54, 1.807) is 18.1 Å². The highest BCUT2D eigenvalue weighted by molar-refractivity contribution is 5.74. The molecule has 1 atom stereocenters. The molecule has 0 saturated carbocycles. The predicted molar refractivity (Wildman–Crippen MR) is 75.2 cm³/mol. The van der Waals surface area contributed by atoms with Crippen molar-refractivity contribution < 1.29 is 9.21 Å². The number of aromatic amines is 1. The van der Waals surface area contributed by atoms with Crippen molar-refractivity contribution in [1.82, 2.24) is 20.2 Å². The van der Waals surface area contributed by atoms with E-state index >= 15 is 0 Å². The number of furan rings is 1. The summed E-state index contributed by atoms with van der Waals surface area (Å²) < 4.78 is 5.46. The van der Waals surface area contributed by atoms with Gasteiger partial charge in [0, 0.05) is 18.9 Å². The number of amides is 2. The maximum atomic E-state index is 12.1. The first-order chi connectivity index (χ1) is 9.45. The van der Waals surface area contributed by atoms with Crippen LogP contribution in [0.25, 0.3) is 0 Å². The van der Waals surface area contributed by atoms with Crippen LogP contribution in [0, 0.1) is 13.8 Å². The fourth-order valence-electron chi connectivity index (χ4n) is 1.89. The van der Waals surface area contributed by atoms with Crippen molar-refractivity contribution >= 4 is 6.03 Å². The molecular weight excluding hydrogens is 256 g/mol. The van der Waals surface area contributed by atoms with Gasteiger partial charge in [-0.2, -0.15) is 0 Å². The van der Waals surface area contributed by atoms with Crippen molar-refractivity contribution in [3.8, 4) is 0 Å². The summed E-state index contributed by atoms with van der Waals surface area (Å²) in [5.41, 5.74) is 0.973. The summed E-state index contributed by atoms with van der Waals surface area (Å²) >= 11 is 0. The van der Waals surface area contributed by atoms with Crippen LogP contribution in [0.15, 0.2) is 22.7 Å². The van der Waals surface area contributed by atoms with Gasteiger partial charge in [-0.3, -0.25) is 0 Å². The zero-order chi connectivity index (χ0) is 14.7. The lowest BCUT2D eigenvalue weighted by Gasteiger charge is -2.19. The van der Waals surface area contributed by atoms with Crippen LogP contribution in [0.3, 0.4) is 0 Å². The average molecular weight is 276 g/mol. The number of H-pyrrole nitrogens is 1. The first-order valence-electron chi connectivity index (χ1n) is 6.54. The summed E-state index contributed by atoms with van der Waals surface area (Å²) in [4.78, 5) is 21.0. The Kier molecular flexibility index (Phi) is 4.12. The number of nitrogens with zero attached hydrogens (tertiary/aromatic N) is 2. The zero-order valence-electron chi connectivity index (χ0n) is 12.2. The molecule has 2 aromatic rings. The van der Waals surface area contributed by atoms with Crippen LogP contribution >= 0.6 is 0 Å². The minimum atomic E-state index is -0.169. The number of carbonyl (C=O) groups is 1. The van der Waals surface area contributed by atoms with E-state index in [4.69, 9.17) is 4.42 Å². The highest BCUT2D eigenvalue weighted by atomic mass is 16.3. The third-order valence-electron chi connectivity index (χ3n) is 3.01. The van der Waals surface area contributed by atoms with Crippen LogP contribution in [-0.4, -0.2) is 27.9 Å². The van der Waals surface area contributed by atoms with Crippen molar-refractivity contribution in [2.24, 2.45) is 0 Å². The highest BCUT2D eigenvalue weighted by Crippen LogP contribution is 2.11. The summed E-state index contributed by atoms with van der Waals surface area (Å²) in [6.45, 7) is 6.13. The molecule has 108 valence electrons. The number of carbonyl (C=O) groups excluding carboxylic acids is 1. The minimum absolute atomic E-state index is 0.166. The van der Waals surface area contributed by atoms with E-state index < -0.39 is 0 Å². The first kappa shape index (κ1) is 14.2. The largest absolute Gasteiger partial charge is 0.464 e. The van der Waals surface area contributed by atoms with Gasteiger partial charge in [-0.05, 0) is 32.9 Å². The molecular formula is C14H20N4O2. The fraction of sp³-hybridized carbons (Fsp3) is 0.429. The molecule has 0 unspecified atom stereocenters. The second kappa shape index (κ2) is 5.81. The molecule has 2 rings (SSSR count). The number of hydrogen-bond donors (Lipinski definition) is 2. The van der Waals surface area contributed by atoms with E-state index in [0.717, 1.165) is 23.0 Å². The Morgan fingerprint density at radius 3 is 2.80 bits per heavy atom. The van der Waals surface area contributed by atoms with Gasteiger partial charge in [-0.25, -0.2) is 9.78 Å². The molecule has 0 aliphatic carbocycles. The molecule has 0 saturated heterocycles. The quantitative estimate of drug-likeness (QED) is 0.901. The van der Waals surface area contributed by atoms with Crippen LogP contribution in [0.4, 0.5) is 4.79 Å². The van der Waals surface area contributed by atoms with Crippen molar-refractivity contribution in [3.05, 3.63) is 41.4 Å². The Morgan fingerprint density at radius 1 is 1.50 bits per heavy atom. The fourth-order valence-corrected chi connectivity index (χ4v) is 1.89. The van der Waals surface area contributed by atoms with Crippen molar-refractivity contribution in [2.75, 3.05) is 7.05 Å². The maximum Gasteiger partial charge on any atom is 0.318 e. The summed E-state index contributed by atoms with van der Waals surface area (Å²) in [6.07, 6.45) is 1.74. The Morgan fingerprint density at radius 2 is 2.25 bits per heavy atom. The Balaban J connectivity index is 1.90. The van der Waals surface area contributed by atoms with E-state index in [0.29, 0.717) is 6.54 Å². The van der Waals surface area contributed by atoms with E-state index in [1.807, 2.05) is 32.9 Å². The lowest BCUT2D eigenvalue weighted by molar-refractivity contribution is 0.199. The molecule has 0 aliphatic rings. The Hall–Kier alpha value is -2.24. The molecule has 6 nitrogen and oxygen atoms in total. The molecule has 20 heavy (non-hydrogen) atoms. The summed E-state index contributed by atoms with van der Waals surface area (Å²) in [6, 6.07) is 3.42. The number of urea groups is 1. The standard InChI is InChI=1S/C14H20N4O2/c1-9-7-15-13(16-9)11(3)17-14(19)18(4)8-12-6-5-10(2)20-12/h5-7,11H,8H2,1-4H3,(H,15,16)(H,17,19)/t11-/m0/s1. The zero-order valence-corrected chi connectivity index (χ0v) is 12.2. The maximum absolute atomic E-state index is 12.1. The van der Waals surface area contributed by atoms with Crippen LogP contribution in [0.5, 0.6) is 0 Å². The molecule has 2 heterocycles. The van der Waals surface area contributed by atoms with Gasteiger partial charge in [-0.15, -0.1) is 0 Å². The van der Waals surface area contributed by atoms with Crippen LogP contribution in [0.2, 0.25) is 0 Å². The number of aryl methyl sites for hydroxylation is 2. The third kappa shape index (κ3) is 3.40. The average Bonchev–Trinajstić information content (AvgIpc) is 2.98. The lowest BCUT2D eigenvalue weighted by Crippen LogP contribution is -2.38. The first-order valence-corrected chi connectivity index (χ1v) is 6.54. The summed E-state index contributed by atoms with van der Waals surface area (Å²) in [5, 5.41) is 2.89. The molecule has 0 aliphatic heterocycles. The summed E-state index contributed by atoms with van der Waals surface area (Å²) in [7, 11) is 1.73. The van der Waals surface area contributed by atoms with Crippen LogP contribution < -0.4 is 5.32 Å². The van der Waals surface area contributed by atoms with Crippen LogP contribution in [0.1, 0.15) is 36.0 Å². The molecule has 2 N–H and O–H groups in total. The number of hydrogen-bond acceptors (Lipinski definition) is 3. The smallest absolute Gasteiger partial charge is 0.318 e. The third-order valence-corrected chi connectivity index (χ3v) is 3.01. The Labute approximate surface area is 118 Å².